The molecule has 0 aliphatic heterocycles. The fourth-order valence-electron chi connectivity index (χ4n) is 14.4. The number of hydrogen-bond acceptors (Lipinski definition) is 4. The monoisotopic (exact) mass is 813 g/mol. The number of aliphatic hydroxyl groups excluding tert-OH is 1. The molecule has 6 saturated carbocycles. The quantitative estimate of drug-likeness (QED) is 0.132. The summed E-state index contributed by atoms with van der Waals surface area (Å²) in [5, 5.41) is 10.0. The number of ketones is 1. The van der Waals surface area contributed by atoms with Gasteiger partial charge in [-0.3, -0.25) is 9.59 Å². The van der Waals surface area contributed by atoms with Gasteiger partial charge in [-0.25, -0.2) is 0 Å². The number of unbranched alkanes of at least 4 members (excludes halogenated alkanes) is 6. The predicted octanol–water partition coefficient (Wildman–Crippen LogP) is 14.8. The maximum atomic E-state index is 12.6. The van der Waals surface area contributed by atoms with Crippen LogP contribution in [0.4, 0.5) is 0 Å². The summed E-state index contributed by atoms with van der Waals surface area (Å²) in [6, 6.07) is 0. The van der Waals surface area contributed by atoms with Gasteiger partial charge >= 0.3 is 5.97 Å². The van der Waals surface area contributed by atoms with Gasteiger partial charge in [-0.15, -0.1) is 0 Å². The van der Waals surface area contributed by atoms with Gasteiger partial charge in [-0.1, -0.05) is 135 Å². The van der Waals surface area contributed by atoms with Crippen LogP contribution >= 0.6 is 0 Å². The van der Waals surface area contributed by atoms with E-state index in [2.05, 4.69) is 60.3 Å². The Morgan fingerprint density at radius 2 is 1.61 bits per heavy atom. The lowest BCUT2D eigenvalue weighted by Gasteiger charge is -2.53. The highest BCUT2D eigenvalue weighted by Gasteiger charge is 2.57. The second-order valence-electron chi connectivity index (χ2n) is 22.1. The third-order valence-corrected chi connectivity index (χ3v) is 17.8. The Hall–Kier alpha value is -1.94. The number of esters is 1. The smallest absolute Gasteiger partial charge is 0.306 e. The van der Waals surface area contributed by atoms with Gasteiger partial charge in [-0.05, 0) is 167 Å². The topological polar surface area (TPSA) is 63.6 Å². The number of fused-ring (bicyclic) bond motifs is 6. The van der Waals surface area contributed by atoms with Gasteiger partial charge in [0.1, 0.15) is 6.10 Å². The van der Waals surface area contributed by atoms with Crippen LogP contribution in [0, 0.1) is 58.2 Å². The molecule has 4 heteroatoms. The van der Waals surface area contributed by atoms with Crippen LogP contribution in [0.1, 0.15) is 215 Å². The molecule has 0 saturated heterocycles. The number of allylic oxidation sites excluding steroid dienone is 5. The van der Waals surface area contributed by atoms with E-state index in [0.717, 1.165) is 93.3 Å². The lowest BCUT2D eigenvalue weighted by molar-refractivity contribution is -0.159. The lowest BCUT2D eigenvalue weighted by atomic mass is 9.52. The van der Waals surface area contributed by atoms with Crippen LogP contribution in [0.15, 0.2) is 47.1 Å². The van der Waals surface area contributed by atoms with E-state index in [9.17, 15) is 14.7 Å². The number of rotatable bonds is 15. The van der Waals surface area contributed by atoms with Gasteiger partial charge in [0, 0.05) is 18.3 Å². The third kappa shape index (κ3) is 11.4. The fraction of sp³-hybridized carbons (Fsp3) is 0.818. The molecular weight excluding hydrogens is 725 g/mol. The van der Waals surface area contributed by atoms with Crippen LogP contribution in [0.3, 0.4) is 0 Å². The summed E-state index contributed by atoms with van der Waals surface area (Å²) >= 11 is 0. The van der Waals surface area contributed by atoms with Gasteiger partial charge in [-0.2, -0.15) is 0 Å². The number of ether oxygens (including phenoxy) is 1. The summed E-state index contributed by atoms with van der Waals surface area (Å²) in [6.45, 7) is 18.8. The van der Waals surface area contributed by atoms with Crippen LogP contribution in [-0.2, 0) is 14.3 Å². The number of aliphatic hydroxyl groups is 1. The molecule has 1 N–H and O–H groups in total. The minimum absolute atomic E-state index is 0.0437. The van der Waals surface area contributed by atoms with Crippen LogP contribution in [0.5, 0.6) is 0 Å². The largest absolute Gasteiger partial charge is 0.462 e. The van der Waals surface area contributed by atoms with Gasteiger partial charge in [0.25, 0.3) is 0 Å². The normalized spacial score (nSPS) is 37.3. The highest BCUT2D eigenvalue weighted by molar-refractivity contribution is 5.91. The van der Waals surface area contributed by atoms with Crippen LogP contribution < -0.4 is 0 Å². The molecule has 7 rings (SSSR count). The zero-order valence-electron chi connectivity index (χ0n) is 39.0. The molecule has 7 aliphatic rings. The molecule has 59 heavy (non-hydrogen) atoms. The summed E-state index contributed by atoms with van der Waals surface area (Å²) in [5.74, 6) is 6.63. The second kappa shape index (κ2) is 21.4. The summed E-state index contributed by atoms with van der Waals surface area (Å²) < 4.78 is 6.13. The fourth-order valence-corrected chi connectivity index (χ4v) is 14.4. The molecule has 0 spiro atoms. The minimum Gasteiger partial charge on any atom is -0.462 e. The van der Waals surface area contributed by atoms with Gasteiger partial charge in [0.15, 0.2) is 5.78 Å². The highest BCUT2D eigenvalue weighted by Crippen LogP contribution is 2.63. The molecule has 7 aliphatic carbocycles. The Bertz CT molecular complexity index is 1510. The predicted molar refractivity (Wildman–Crippen MR) is 246 cm³/mol. The SMILES string of the molecule is C=C1CC[C@H](O)C/C1=C/C=C1\CCC[C@]2(C)[C@@H]([C@H](C)CCCC(C)C)CC[C@@H]12.CCCCCCCCCC(=O)O[C@H]1CC[C@H]2[C@@H]3CCC4=CC(=O)CC[C@@H]4[C@H]3CC[C@]12C. The molecule has 332 valence electrons. The van der Waals surface area contributed by atoms with E-state index in [4.69, 9.17) is 4.74 Å². The van der Waals surface area contributed by atoms with Crippen molar-refractivity contribution in [2.24, 2.45) is 58.2 Å². The Morgan fingerprint density at radius 1 is 0.831 bits per heavy atom. The molecule has 0 heterocycles. The molecule has 0 aromatic heterocycles. The van der Waals surface area contributed by atoms with Crippen LogP contribution in [0.25, 0.3) is 0 Å². The van der Waals surface area contributed by atoms with Crippen molar-refractivity contribution in [3.63, 3.8) is 0 Å². The van der Waals surface area contributed by atoms with Crippen LogP contribution in [-0.4, -0.2) is 29.1 Å². The average Bonchev–Trinajstić information content (AvgIpc) is 3.74. The molecule has 4 nitrogen and oxygen atoms in total. The molecule has 11 atom stereocenters. The molecule has 0 aromatic carbocycles. The molecule has 0 unspecified atom stereocenters. The molecule has 0 amide bonds. The van der Waals surface area contributed by atoms with E-state index in [1.165, 1.54) is 126 Å². The Balaban J connectivity index is 0.000000199. The van der Waals surface area contributed by atoms with Crippen molar-refractivity contribution < 1.29 is 19.4 Å². The van der Waals surface area contributed by atoms with E-state index < -0.39 is 0 Å². The van der Waals surface area contributed by atoms with Gasteiger partial charge in [0.05, 0.1) is 6.10 Å². The van der Waals surface area contributed by atoms with E-state index in [1.807, 2.05) is 6.08 Å². The van der Waals surface area contributed by atoms with E-state index >= 15 is 0 Å². The second-order valence-corrected chi connectivity index (χ2v) is 22.1. The Morgan fingerprint density at radius 3 is 2.39 bits per heavy atom. The van der Waals surface area contributed by atoms with E-state index in [0.29, 0.717) is 29.5 Å². The van der Waals surface area contributed by atoms with Crippen molar-refractivity contribution in [1.82, 2.24) is 0 Å². The summed E-state index contributed by atoms with van der Waals surface area (Å²) in [5.41, 5.74) is 6.34. The first-order valence-corrected chi connectivity index (χ1v) is 25.5. The van der Waals surface area contributed by atoms with Crippen molar-refractivity contribution in [1.29, 1.82) is 0 Å². The highest BCUT2D eigenvalue weighted by atomic mass is 16.5. The maximum absolute atomic E-state index is 12.6. The van der Waals surface area contributed by atoms with Gasteiger partial charge in [0.2, 0.25) is 0 Å². The molecular formula is C55H88O4. The number of hydrogen-bond donors (Lipinski definition) is 1. The van der Waals surface area contributed by atoms with Crippen molar-refractivity contribution in [2.45, 2.75) is 227 Å². The standard InChI is InChI=1S/C28H44O3.C27H44O/c1-3-4-5-6-7-8-9-10-27(30)31-26-16-15-25-24-13-11-20-19-21(29)12-14-22(20)23(24)17-18-28(25,26)2;1-19(2)8-6-9-21(4)25-15-16-26-22(10-7-17-27(25,26)5)12-13-23-18-24(28)14-11-20(23)3/h19,22-26H,3-18H2,1-2H3;12-13,19,21,24-26,28H,3,6-11,14-18H2,1-2,4-5H3/b;22-12+,23-13-/t22-,23+,24+,25-,26-,28-;21-,24+,25-,26+,27-/m01/s1. The van der Waals surface area contributed by atoms with Crippen molar-refractivity contribution in [3.05, 3.63) is 47.1 Å². The van der Waals surface area contributed by atoms with E-state index in [1.54, 1.807) is 5.57 Å². The summed E-state index contributed by atoms with van der Waals surface area (Å²) in [4.78, 5) is 24.5. The van der Waals surface area contributed by atoms with Crippen molar-refractivity contribution in [3.8, 4) is 0 Å². The number of carbonyl (C=O) groups is 2. The number of carbonyl (C=O) groups excluding carboxylic acids is 2. The molecule has 6 fully saturated rings. The molecule has 0 aromatic rings. The Kier molecular flexibility index (Phi) is 16.9. The first-order valence-electron chi connectivity index (χ1n) is 25.5. The van der Waals surface area contributed by atoms with Crippen molar-refractivity contribution in [2.75, 3.05) is 0 Å². The molecule has 0 radical (unpaired) electrons. The molecule has 0 bridgehead atoms. The first kappa shape index (κ1) is 46.6. The minimum atomic E-state index is -0.172. The third-order valence-electron chi connectivity index (χ3n) is 17.8. The summed E-state index contributed by atoms with van der Waals surface area (Å²) in [6.07, 6.45) is 38.5. The average molecular weight is 813 g/mol. The van der Waals surface area contributed by atoms with Gasteiger partial charge < -0.3 is 9.84 Å². The zero-order chi connectivity index (χ0) is 42.2. The van der Waals surface area contributed by atoms with E-state index in [-0.39, 0.29) is 23.6 Å². The van der Waals surface area contributed by atoms with Crippen LogP contribution in [0.2, 0.25) is 0 Å². The van der Waals surface area contributed by atoms with Crippen molar-refractivity contribution >= 4 is 11.8 Å². The lowest BCUT2D eigenvalue weighted by Crippen LogP contribution is -2.48. The maximum Gasteiger partial charge on any atom is 0.306 e. The zero-order valence-corrected chi connectivity index (χ0v) is 39.0. The summed E-state index contributed by atoms with van der Waals surface area (Å²) in [7, 11) is 0. The Labute approximate surface area is 362 Å². The first-order chi connectivity index (χ1) is 28.3.